The van der Waals surface area contributed by atoms with E-state index in [1.54, 1.807) is 18.2 Å². The second kappa shape index (κ2) is 8.76. The van der Waals surface area contributed by atoms with Crippen LogP contribution in [0.3, 0.4) is 0 Å². The lowest BCUT2D eigenvalue weighted by Gasteiger charge is -2.14. The molecule has 158 valence electrons. The van der Waals surface area contributed by atoms with Crippen LogP contribution in [0, 0.1) is 0 Å². The number of nitrogens with one attached hydrogen (secondary N) is 1. The molecule has 1 amide bonds. The number of amides is 1. The molecule has 1 N–H and O–H groups in total. The lowest BCUT2D eigenvalue weighted by molar-refractivity contribution is -0.136. The number of methoxy groups -OCH3 is 2. The van der Waals surface area contributed by atoms with Gasteiger partial charge in [0, 0.05) is 6.20 Å². The van der Waals surface area contributed by atoms with Crippen LogP contribution >= 0.6 is 0 Å². The van der Waals surface area contributed by atoms with Gasteiger partial charge in [0.2, 0.25) is 5.75 Å². The van der Waals surface area contributed by atoms with E-state index in [1.165, 1.54) is 49.4 Å². The number of anilines is 1. The lowest BCUT2D eigenvalue weighted by Crippen LogP contribution is -2.17. The number of alkyl halides is 3. The van der Waals surface area contributed by atoms with E-state index in [0.29, 0.717) is 17.2 Å². The fourth-order valence-electron chi connectivity index (χ4n) is 2.67. The van der Waals surface area contributed by atoms with Crippen molar-refractivity contribution in [2.45, 2.75) is 12.9 Å². The van der Waals surface area contributed by atoms with Gasteiger partial charge in [-0.15, -0.1) is 0 Å². The zero-order valence-corrected chi connectivity index (χ0v) is 16.1. The van der Waals surface area contributed by atoms with Gasteiger partial charge in [-0.3, -0.25) is 4.79 Å². The summed E-state index contributed by atoms with van der Waals surface area (Å²) in [5.74, 6) is 0.467. The SMILES string of the molecule is COc1cccc(OC)c1OCn1ccc(C(=O)Nc2ccccc2C(F)(F)F)n1. The van der Waals surface area contributed by atoms with Crippen molar-refractivity contribution >= 4 is 11.6 Å². The van der Waals surface area contributed by atoms with E-state index in [2.05, 4.69) is 10.4 Å². The van der Waals surface area contributed by atoms with Gasteiger partial charge in [0.1, 0.15) is 0 Å². The second-order valence-electron chi connectivity index (χ2n) is 6.00. The number of ether oxygens (including phenoxy) is 3. The number of rotatable bonds is 7. The van der Waals surface area contributed by atoms with Crippen LogP contribution < -0.4 is 19.5 Å². The Morgan fingerprint density at radius 2 is 1.70 bits per heavy atom. The standard InChI is InChI=1S/C20H18F3N3O4/c1-28-16-8-5-9-17(29-2)18(16)30-12-26-11-10-15(25-26)19(27)24-14-7-4-3-6-13(14)20(21,22)23/h3-11H,12H2,1-2H3,(H,24,27). The molecule has 3 rings (SSSR count). The Kier molecular flexibility index (Phi) is 6.14. The average molecular weight is 421 g/mol. The largest absolute Gasteiger partial charge is 0.493 e. The third-order valence-electron chi connectivity index (χ3n) is 4.08. The maximum atomic E-state index is 13.1. The molecular weight excluding hydrogens is 403 g/mol. The molecule has 0 unspecified atom stereocenters. The highest BCUT2D eigenvalue weighted by atomic mass is 19.4. The predicted molar refractivity (Wildman–Crippen MR) is 102 cm³/mol. The number of benzene rings is 2. The minimum atomic E-state index is -4.59. The Morgan fingerprint density at radius 3 is 2.33 bits per heavy atom. The van der Waals surface area contributed by atoms with Gasteiger partial charge in [0.05, 0.1) is 25.5 Å². The van der Waals surface area contributed by atoms with Crippen molar-refractivity contribution in [2.24, 2.45) is 0 Å². The van der Waals surface area contributed by atoms with E-state index in [4.69, 9.17) is 14.2 Å². The molecule has 2 aromatic carbocycles. The zero-order chi connectivity index (χ0) is 21.7. The van der Waals surface area contributed by atoms with Crippen molar-refractivity contribution in [3.8, 4) is 17.2 Å². The second-order valence-corrected chi connectivity index (χ2v) is 6.00. The minimum Gasteiger partial charge on any atom is -0.493 e. The van der Waals surface area contributed by atoms with Crippen molar-refractivity contribution in [3.63, 3.8) is 0 Å². The minimum absolute atomic E-state index is 0.0671. The Labute approximate surface area is 170 Å². The number of nitrogens with zero attached hydrogens (tertiary/aromatic N) is 2. The summed E-state index contributed by atoms with van der Waals surface area (Å²) in [7, 11) is 2.97. The highest BCUT2D eigenvalue weighted by molar-refractivity contribution is 6.03. The van der Waals surface area contributed by atoms with E-state index in [-0.39, 0.29) is 18.1 Å². The number of hydrogen-bond acceptors (Lipinski definition) is 5. The van der Waals surface area contributed by atoms with E-state index in [0.717, 1.165) is 6.07 Å². The number of para-hydroxylation sites is 2. The van der Waals surface area contributed by atoms with E-state index < -0.39 is 17.6 Å². The molecule has 0 saturated heterocycles. The third-order valence-corrected chi connectivity index (χ3v) is 4.08. The van der Waals surface area contributed by atoms with Gasteiger partial charge in [-0.25, -0.2) is 4.68 Å². The molecule has 30 heavy (non-hydrogen) atoms. The monoisotopic (exact) mass is 421 g/mol. The van der Waals surface area contributed by atoms with Crippen molar-refractivity contribution in [1.82, 2.24) is 9.78 Å². The molecule has 0 atom stereocenters. The predicted octanol–water partition coefficient (Wildman–Crippen LogP) is 4.21. The number of hydrogen-bond donors (Lipinski definition) is 1. The Balaban J connectivity index is 1.71. The zero-order valence-electron chi connectivity index (χ0n) is 16.1. The first-order valence-corrected chi connectivity index (χ1v) is 8.68. The van der Waals surface area contributed by atoms with Crippen molar-refractivity contribution in [1.29, 1.82) is 0 Å². The van der Waals surface area contributed by atoms with Gasteiger partial charge >= 0.3 is 6.18 Å². The molecule has 0 aliphatic rings. The van der Waals surface area contributed by atoms with Gasteiger partial charge in [-0.2, -0.15) is 18.3 Å². The van der Waals surface area contributed by atoms with Crippen LogP contribution in [0.4, 0.5) is 18.9 Å². The molecule has 0 saturated carbocycles. The van der Waals surface area contributed by atoms with Crippen molar-refractivity contribution in [2.75, 3.05) is 19.5 Å². The van der Waals surface area contributed by atoms with Gasteiger partial charge in [-0.1, -0.05) is 18.2 Å². The van der Waals surface area contributed by atoms with Gasteiger partial charge in [-0.05, 0) is 30.3 Å². The molecule has 7 nitrogen and oxygen atoms in total. The summed E-state index contributed by atoms with van der Waals surface area (Å²) in [6.07, 6.45) is -3.13. The molecule has 10 heteroatoms. The molecule has 1 aromatic heterocycles. The van der Waals surface area contributed by atoms with Gasteiger partial charge in [0.15, 0.2) is 23.9 Å². The Hall–Kier alpha value is -3.69. The molecule has 0 radical (unpaired) electrons. The molecule has 1 heterocycles. The summed E-state index contributed by atoms with van der Waals surface area (Å²) in [4.78, 5) is 12.3. The lowest BCUT2D eigenvalue weighted by atomic mass is 10.1. The first kappa shape index (κ1) is 21.0. The summed E-state index contributed by atoms with van der Waals surface area (Å²) in [6, 6.07) is 11.2. The molecule has 0 spiro atoms. The third kappa shape index (κ3) is 4.65. The van der Waals surface area contributed by atoms with E-state index >= 15 is 0 Å². The molecule has 0 fully saturated rings. The topological polar surface area (TPSA) is 74.6 Å². The Morgan fingerprint density at radius 1 is 1.03 bits per heavy atom. The van der Waals surface area contributed by atoms with E-state index in [9.17, 15) is 18.0 Å². The quantitative estimate of drug-likeness (QED) is 0.619. The van der Waals surface area contributed by atoms with Crippen LogP contribution in [0.15, 0.2) is 54.7 Å². The van der Waals surface area contributed by atoms with Crippen LogP contribution in [-0.4, -0.2) is 29.9 Å². The maximum absolute atomic E-state index is 13.1. The maximum Gasteiger partial charge on any atom is 0.418 e. The summed E-state index contributed by atoms with van der Waals surface area (Å²) in [6.45, 7) is -0.0802. The number of halogens is 3. The molecular formula is C20H18F3N3O4. The van der Waals surface area contributed by atoms with E-state index in [1.807, 2.05) is 0 Å². The summed E-state index contributed by atoms with van der Waals surface area (Å²) in [5.41, 5.74) is -1.36. The number of carbonyl (C=O) groups excluding carboxylic acids is 1. The molecule has 3 aromatic rings. The molecule has 0 bridgehead atoms. The summed E-state index contributed by atoms with van der Waals surface area (Å²) >= 11 is 0. The first-order valence-electron chi connectivity index (χ1n) is 8.68. The van der Waals surface area contributed by atoms with Crippen LogP contribution in [0.5, 0.6) is 17.2 Å². The van der Waals surface area contributed by atoms with Crippen LogP contribution in [0.2, 0.25) is 0 Å². The molecule has 0 aliphatic carbocycles. The highest BCUT2D eigenvalue weighted by Gasteiger charge is 2.33. The average Bonchev–Trinajstić information content (AvgIpc) is 3.20. The fraction of sp³-hybridized carbons (Fsp3) is 0.200. The van der Waals surface area contributed by atoms with Crippen molar-refractivity contribution in [3.05, 3.63) is 66.0 Å². The number of carbonyl (C=O) groups is 1. The van der Waals surface area contributed by atoms with Crippen LogP contribution in [0.1, 0.15) is 16.1 Å². The smallest absolute Gasteiger partial charge is 0.418 e. The van der Waals surface area contributed by atoms with Gasteiger partial charge in [0.25, 0.3) is 5.91 Å². The van der Waals surface area contributed by atoms with Crippen LogP contribution in [-0.2, 0) is 12.9 Å². The van der Waals surface area contributed by atoms with Crippen LogP contribution in [0.25, 0.3) is 0 Å². The normalized spacial score (nSPS) is 11.1. The van der Waals surface area contributed by atoms with Gasteiger partial charge < -0.3 is 19.5 Å². The summed E-state index contributed by atoms with van der Waals surface area (Å²) < 4.78 is 56.7. The molecule has 0 aliphatic heterocycles. The Bertz CT molecular complexity index is 1010. The summed E-state index contributed by atoms with van der Waals surface area (Å²) in [5, 5.41) is 6.28. The number of aromatic nitrogens is 2. The van der Waals surface area contributed by atoms with Crippen molar-refractivity contribution < 1.29 is 32.2 Å². The first-order chi connectivity index (χ1) is 14.3. The highest BCUT2D eigenvalue weighted by Crippen LogP contribution is 2.37. The fourth-order valence-corrected chi connectivity index (χ4v) is 2.67.